The molecule has 4 heteroatoms. The van der Waals surface area contributed by atoms with E-state index in [1.807, 2.05) is 21.5 Å². The fraction of sp³-hybridized carbons (Fsp3) is 0.769. The lowest BCUT2D eigenvalue weighted by atomic mass is 10.1. The number of aromatic nitrogens is 2. The molecular weight excluding hydrogens is 214 g/mol. The molecule has 0 radical (unpaired) electrons. The van der Waals surface area contributed by atoms with Gasteiger partial charge in [0.25, 0.3) is 0 Å². The van der Waals surface area contributed by atoms with Gasteiger partial charge in [-0.05, 0) is 45.1 Å². The minimum Gasteiger partial charge on any atom is -0.314 e. The van der Waals surface area contributed by atoms with Crippen LogP contribution < -0.4 is 11.0 Å². The normalized spacial score (nSPS) is 24.4. The zero-order valence-electron chi connectivity index (χ0n) is 10.3. The highest BCUT2D eigenvalue weighted by Crippen LogP contribution is 2.33. The van der Waals surface area contributed by atoms with E-state index < -0.39 is 0 Å². The van der Waals surface area contributed by atoms with Crippen LogP contribution in [0.2, 0.25) is 0 Å². The summed E-state index contributed by atoms with van der Waals surface area (Å²) in [6, 6.07) is 1.19. The summed E-state index contributed by atoms with van der Waals surface area (Å²) in [6.45, 7) is 2.04. The van der Waals surface area contributed by atoms with Crippen LogP contribution in [0.5, 0.6) is 0 Å². The molecule has 1 aliphatic carbocycles. The third kappa shape index (κ3) is 2.46. The lowest BCUT2D eigenvalue weighted by Gasteiger charge is -2.09. The number of rotatable bonds is 5. The molecule has 0 bridgehead atoms. The maximum Gasteiger partial charge on any atom is 0.328 e. The number of imidazole rings is 1. The number of hydrogen-bond donors (Lipinski definition) is 1. The first-order valence-electron chi connectivity index (χ1n) is 6.85. The lowest BCUT2D eigenvalue weighted by molar-refractivity contribution is 0.493. The first-order valence-corrected chi connectivity index (χ1v) is 6.85. The Bertz CT molecular complexity index is 424. The maximum atomic E-state index is 12.0. The second kappa shape index (κ2) is 4.69. The van der Waals surface area contributed by atoms with Gasteiger partial charge in [0, 0.05) is 31.0 Å². The van der Waals surface area contributed by atoms with E-state index in [1.165, 1.54) is 38.6 Å². The lowest BCUT2D eigenvalue weighted by Crippen LogP contribution is -2.25. The van der Waals surface area contributed by atoms with Crippen molar-refractivity contribution in [2.45, 2.75) is 57.2 Å². The van der Waals surface area contributed by atoms with Crippen molar-refractivity contribution < 1.29 is 0 Å². The van der Waals surface area contributed by atoms with Gasteiger partial charge in [-0.2, -0.15) is 0 Å². The summed E-state index contributed by atoms with van der Waals surface area (Å²) in [4.78, 5) is 12.0. The summed E-state index contributed by atoms with van der Waals surface area (Å²) in [7, 11) is 0. The van der Waals surface area contributed by atoms with Crippen LogP contribution in [0, 0.1) is 0 Å². The topological polar surface area (TPSA) is 39.0 Å². The number of aryl methyl sites for hydroxylation is 1. The van der Waals surface area contributed by atoms with Crippen molar-refractivity contribution in [2.24, 2.45) is 0 Å². The van der Waals surface area contributed by atoms with E-state index in [0.29, 0.717) is 12.1 Å². The van der Waals surface area contributed by atoms with Crippen molar-refractivity contribution >= 4 is 0 Å². The molecule has 1 aromatic heterocycles. The van der Waals surface area contributed by atoms with Crippen LogP contribution in [0.25, 0.3) is 0 Å². The summed E-state index contributed by atoms with van der Waals surface area (Å²) >= 11 is 0. The zero-order chi connectivity index (χ0) is 11.7. The number of nitrogens with one attached hydrogen (secondary N) is 1. The summed E-state index contributed by atoms with van der Waals surface area (Å²) in [6.07, 6.45) is 11.2. The Labute approximate surface area is 102 Å². The Morgan fingerprint density at radius 1 is 1.29 bits per heavy atom. The van der Waals surface area contributed by atoms with E-state index in [4.69, 9.17) is 0 Å². The van der Waals surface area contributed by atoms with Gasteiger partial charge in [0.15, 0.2) is 0 Å². The van der Waals surface area contributed by atoms with Gasteiger partial charge in [-0.1, -0.05) is 0 Å². The van der Waals surface area contributed by atoms with Gasteiger partial charge in [-0.25, -0.2) is 4.79 Å². The van der Waals surface area contributed by atoms with Crippen LogP contribution in [0.3, 0.4) is 0 Å². The molecule has 2 fully saturated rings. The van der Waals surface area contributed by atoms with Crippen LogP contribution in [-0.2, 0) is 6.54 Å². The van der Waals surface area contributed by atoms with Crippen LogP contribution >= 0.6 is 0 Å². The summed E-state index contributed by atoms with van der Waals surface area (Å²) < 4.78 is 3.76. The molecular formula is C13H21N3O. The first-order chi connectivity index (χ1) is 8.34. The molecule has 2 heterocycles. The molecule has 1 unspecified atom stereocenters. The van der Waals surface area contributed by atoms with E-state index in [2.05, 4.69) is 5.32 Å². The molecule has 1 saturated heterocycles. The van der Waals surface area contributed by atoms with Crippen LogP contribution in [0.1, 0.15) is 44.6 Å². The SMILES string of the molecule is O=c1n(CCCC2CCCN2)ccn1C1CC1. The monoisotopic (exact) mass is 235 g/mol. The second-order valence-electron chi connectivity index (χ2n) is 5.35. The molecule has 1 atom stereocenters. The molecule has 4 nitrogen and oxygen atoms in total. The fourth-order valence-corrected chi connectivity index (χ4v) is 2.74. The van der Waals surface area contributed by atoms with E-state index in [9.17, 15) is 4.79 Å². The molecule has 0 aromatic carbocycles. The van der Waals surface area contributed by atoms with Gasteiger partial charge < -0.3 is 5.32 Å². The number of nitrogens with zero attached hydrogens (tertiary/aromatic N) is 2. The summed E-state index contributed by atoms with van der Waals surface area (Å²) in [5.74, 6) is 0. The Balaban J connectivity index is 1.52. The van der Waals surface area contributed by atoms with Gasteiger partial charge >= 0.3 is 5.69 Å². The minimum absolute atomic E-state index is 0.187. The van der Waals surface area contributed by atoms with E-state index in [1.54, 1.807) is 0 Å². The van der Waals surface area contributed by atoms with E-state index in [-0.39, 0.29) is 5.69 Å². The maximum absolute atomic E-state index is 12.0. The van der Waals surface area contributed by atoms with Crippen molar-refractivity contribution in [3.05, 3.63) is 22.9 Å². The van der Waals surface area contributed by atoms with Gasteiger partial charge in [-0.15, -0.1) is 0 Å². The molecule has 3 rings (SSSR count). The molecule has 17 heavy (non-hydrogen) atoms. The highest BCUT2D eigenvalue weighted by atomic mass is 16.1. The van der Waals surface area contributed by atoms with Gasteiger partial charge in [0.05, 0.1) is 0 Å². The molecule has 0 spiro atoms. The van der Waals surface area contributed by atoms with Crippen LogP contribution in [0.15, 0.2) is 17.2 Å². The Hall–Kier alpha value is -1.03. The zero-order valence-corrected chi connectivity index (χ0v) is 10.3. The smallest absolute Gasteiger partial charge is 0.314 e. The van der Waals surface area contributed by atoms with Gasteiger partial charge in [0.2, 0.25) is 0 Å². The van der Waals surface area contributed by atoms with Crippen molar-refractivity contribution in [2.75, 3.05) is 6.54 Å². The predicted octanol–water partition coefficient (Wildman–Crippen LogP) is 1.52. The van der Waals surface area contributed by atoms with E-state index in [0.717, 1.165) is 13.0 Å². The Morgan fingerprint density at radius 2 is 2.18 bits per heavy atom. The van der Waals surface area contributed by atoms with Crippen molar-refractivity contribution in [3.63, 3.8) is 0 Å². The highest BCUT2D eigenvalue weighted by Gasteiger charge is 2.25. The largest absolute Gasteiger partial charge is 0.328 e. The molecule has 1 aliphatic heterocycles. The van der Waals surface area contributed by atoms with Crippen LogP contribution in [0.4, 0.5) is 0 Å². The Morgan fingerprint density at radius 3 is 2.88 bits per heavy atom. The van der Waals surface area contributed by atoms with Crippen molar-refractivity contribution in [1.29, 1.82) is 0 Å². The average Bonchev–Trinajstić information content (AvgIpc) is 2.91. The standard InChI is InChI=1S/C13H21N3O/c17-13-15(9-10-16(13)12-5-6-12)8-2-4-11-3-1-7-14-11/h9-12,14H,1-8H2. The highest BCUT2D eigenvalue weighted by molar-refractivity contribution is 4.91. The molecule has 1 saturated carbocycles. The quantitative estimate of drug-likeness (QED) is 0.840. The first kappa shape index (κ1) is 11.1. The van der Waals surface area contributed by atoms with Gasteiger partial charge in [-0.3, -0.25) is 9.13 Å². The van der Waals surface area contributed by atoms with Gasteiger partial charge in [0.1, 0.15) is 0 Å². The van der Waals surface area contributed by atoms with Crippen molar-refractivity contribution in [1.82, 2.24) is 14.5 Å². The third-order valence-corrected chi connectivity index (χ3v) is 3.93. The Kier molecular flexibility index (Phi) is 3.05. The van der Waals surface area contributed by atoms with E-state index >= 15 is 0 Å². The summed E-state index contributed by atoms with van der Waals surface area (Å²) in [5.41, 5.74) is 0.187. The average molecular weight is 235 g/mol. The molecule has 94 valence electrons. The summed E-state index contributed by atoms with van der Waals surface area (Å²) in [5, 5.41) is 3.50. The molecule has 2 aliphatic rings. The molecule has 1 aromatic rings. The van der Waals surface area contributed by atoms with Crippen LogP contribution in [-0.4, -0.2) is 21.7 Å². The third-order valence-electron chi connectivity index (χ3n) is 3.93. The molecule has 1 N–H and O–H groups in total. The second-order valence-corrected chi connectivity index (χ2v) is 5.35. The fourth-order valence-electron chi connectivity index (χ4n) is 2.74. The minimum atomic E-state index is 0.187. The van der Waals surface area contributed by atoms with Crippen molar-refractivity contribution in [3.8, 4) is 0 Å². The molecule has 0 amide bonds. The predicted molar refractivity (Wildman–Crippen MR) is 67.2 cm³/mol. The number of hydrogen-bond acceptors (Lipinski definition) is 2.